The summed E-state index contributed by atoms with van der Waals surface area (Å²) in [7, 11) is 1.72. The van der Waals surface area contributed by atoms with Gasteiger partial charge in [0.05, 0.1) is 19.2 Å². The summed E-state index contributed by atoms with van der Waals surface area (Å²) in [5.74, 6) is 0.291. The van der Waals surface area contributed by atoms with Crippen LogP contribution in [0.15, 0.2) is 0 Å². The predicted molar refractivity (Wildman–Crippen MR) is 84.2 cm³/mol. The molecule has 0 unspecified atom stereocenters. The Balaban J connectivity index is 1.77. The molecule has 124 valence electrons. The lowest BCUT2D eigenvalue weighted by Gasteiger charge is -2.39. The van der Waals surface area contributed by atoms with E-state index in [0.29, 0.717) is 18.5 Å². The second-order valence-corrected chi connectivity index (χ2v) is 6.75. The first-order valence-electron chi connectivity index (χ1n) is 8.16. The lowest BCUT2D eigenvalue weighted by molar-refractivity contribution is -0.124. The normalized spacial score (nSPS) is 26.2. The number of hydrogen-bond acceptors (Lipinski definition) is 5. The smallest absolute Gasteiger partial charge is 0.235 e. The predicted octanol–water partition coefficient (Wildman–Crippen LogP) is 0.447. The molecule has 1 saturated carbocycles. The highest BCUT2D eigenvalue weighted by Gasteiger charge is 2.43. The number of piperazine rings is 1. The minimum absolute atomic E-state index is 0.0338. The van der Waals surface area contributed by atoms with Gasteiger partial charge < -0.3 is 10.1 Å². The number of nitriles is 1. The number of rotatable bonds is 7. The summed E-state index contributed by atoms with van der Waals surface area (Å²) in [6.45, 7) is 8.80. The van der Waals surface area contributed by atoms with Crippen molar-refractivity contribution in [2.45, 2.75) is 38.3 Å². The van der Waals surface area contributed by atoms with Crippen LogP contribution in [0.25, 0.3) is 0 Å². The van der Waals surface area contributed by atoms with E-state index in [2.05, 4.69) is 28.1 Å². The Hall–Kier alpha value is -1.16. The van der Waals surface area contributed by atoms with Gasteiger partial charge in [0.1, 0.15) is 5.54 Å². The molecule has 0 aromatic heterocycles. The molecule has 22 heavy (non-hydrogen) atoms. The van der Waals surface area contributed by atoms with Gasteiger partial charge in [0, 0.05) is 39.3 Å². The van der Waals surface area contributed by atoms with Gasteiger partial charge in [0.25, 0.3) is 0 Å². The maximum atomic E-state index is 12.2. The number of methoxy groups -OCH3 is 1. The molecule has 1 N–H and O–H groups in total. The number of ether oxygens (including phenoxy) is 1. The van der Waals surface area contributed by atoms with Crippen LogP contribution in [-0.4, -0.2) is 73.7 Å². The molecule has 0 radical (unpaired) electrons. The third kappa shape index (κ3) is 4.42. The van der Waals surface area contributed by atoms with Crippen molar-refractivity contribution in [1.82, 2.24) is 15.1 Å². The summed E-state index contributed by atoms with van der Waals surface area (Å²) in [6, 6.07) is 2.69. The van der Waals surface area contributed by atoms with Crippen molar-refractivity contribution in [3.8, 4) is 6.07 Å². The van der Waals surface area contributed by atoms with E-state index in [0.717, 1.165) is 45.6 Å². The van der Waals surface area contributed by atoms with Gasteiger partial charge in [-0.15, -0.1) is 0 Å². The Labute approximate surface area is 133 Å². The van der Waals surface area contributed by atoms with E-state index in [-0.39, 0.29) is 5.91 Å². The van der Waals surface area contributed by atoms with E-state index in [1.807, 2.05) is 6.92 Å². The van der Waals surface area contributed by atoms with Crippen LogP contribution in [0.4, 0.5) is 0 Å². The van der Waals surface area contributed by atoms with E-state index in [1.165, 1.54) is 0 Å². The second-order valence-electron chi connectivity index (χ2n) is 6.75. The SMILES string of the molecule is COCCN1CCN(CC(=O)N[C@](C)(C#N)C2CC2)C[C@H]1C. The van der Waals surface area contributed by atoms with Crippen LogP contribution in [0.1, 0.15) is 26.7 Å². The van der Waals surface area contributed by atoms with Crippen molar-refractivity contribution in [3.63, 3.8) is 0 Å². The molecule has 2 fully saturated rings. The monoisotopic (exact) mass is 308 g/mol. The fourth-order valence-corrected chi connectivity index (χ4v) is 3.17. The molecular formula is C16H28N4O2. The van der Waals surface area contributed by atoms with Crippen molar-refractivity contribution in [1.29, 1.82) is 5.26 Å². The van der Waals surface area contributed by atoms with E-state index in [4.69, 9.17) is 4.74 Å². The van der Waals surface area contributed by atoms with Crippen molar-refractivity contribution in [3.05, 3.63) is 0 Å². The Morgan fingerprint density at radius 2 is 2.18 bits per heavy atom. The molecule has 6 heteroatoms. The fraction of sp³-hybridized carbons (Fsp3) is 0.875. The highest BCUT2D eigenvalue weighted by atomic mass is 16.5. The first kappa shape index (κ1) is 17.2. The lowest BCUT2D eigenvalue weighted by Crippen LogP contribution is -2.56. The first-order valence-corrected chi connectivity index (χ1v) is 8.16. The van der Waals surface area contributed by atoms with Crippen molar-refractivity contribution in [2.24, 2.45) is 5.92 Å². The maximum absolute atomic E-state index is 12.2. The number of amides is 1. The third-order valence-corrected chi connectivity index (χ3v) is 4.82. The summed E-state index contributed by atoms with van der Waals surface area (Å²) in [5.41, 5.74) is -0.691. The van der Waals surface area contributed by atoms with Crippen LogP contribution in [0.2, 0.25) is 0 Å². The molecule has 1 aliphatic carbocycles. The van der Waals surface area contributed by atoms with Crippen LogP contribution >= 0.6 is 0 Å². The first-order chi connectivity index (χ1) is 10.5. The summed E-state index contributed by atoms with van der Waals surface area (Å²) >= 11 is 0. The molecule has 0 bridgehead atoms. The average molecular weight is 308 g/mol. The summed E-state index contributed by atoms with van der Waals surface area (Å²) in [5, 5.41) is 12.3. The molecule has 6 nitrogen and oxygen atoms in total. The fourth-order valence-electron chi connectivity index (χ4n) is 3.17. The van der Waals surface area contributed by atoms with E-state index in [9.17, 15) is 10.1 Å². The van der Waals surface area contributed by atoms with Gasteiger partial charge >= 0.3 is 0 Å². The van der Waals surface area contributed by atoms with Gasteiger partial charge in [-0.25, -0.2) is 0 Å². The molecule has 1 aliphatic heterocycles. The zero-order valence-electron chi connectivity index (χ0n) is 14.0. The molecular weight excluding hydrogens is 280 g/mol. The molecule has 2 atom stereocenters. The number of nitrogens with zero attached hydrogens (tertiary/aromatic N) is 3. The van der Waals surface area contributed by atoms with E-state index >= 15 is 0 Å². The van der Waals surface area contributed by atoms with Crippen molar-refractivity contribution in [2.75, 3.05) is 46.4 Å². The Morgan fingerprint density at radius 1 is 1.45 bits per heavy atom. The zero-order chi connectivity index (χ0) is 16.2. The molecule has 0 spiro atoms. The van der Waals surface area contributed by atoms with Crippen LogP contribution < -0.4 is 5.32 Å². The van der Waals surface area contributed by atoms with Gasteiger partial charge in [-0.3, -0.25) is 14.6 Å². The zero-order valence-corrected chi connectivity index (χ0v) is 14.0. The summed E-state index contributed by atoms with van der Waals surface area (Å²) in [6.07, 6.45) is 2.08. The van der Waals surface area contributed by atoms with Gasteiger partial charge in [-0.05, 0) is 32.6 Å². The molecule has 2 rings (SSSR count). The Kier molecular flexibility index (Phi) is 5.79. The summed E-state index contributed by atoms with van der Waals surface area (Å²) in [4.78, 5) is 16.8. The molecule has 1 amide bonds. The summed E-state index contributed by atoms with van der Waals surface area (Å²) < 4.78 is 5.13. The van der Waals surface area contributed by atoms with Crippen molar-refractivity contribution < 1.29 is 9.53 Å². The quantitative estimate of drug-likeness (QED) is 0.739. The molecule has 0 aromatic carbocycles. The largest absolute Gasteiger partial charge is 0.383 e. The number of carbonyl (C=O) groups is 1. The van der Waals surface area contributed by atoms with Crippen LogP contribution in [0.3, 0.4) is 0 Å². The Morgan fingerprint density at radius 3 is 2.73 bits per heavy atom. The number of hydrogen-bond donors (Lipinski definition) is 1. The number of nitrogens with one attached hydrogen (secondary N) is 1. The van der Waals surface area contributed by atoms with E-state index in [1.54, 1.807) is 7.11 Å². The minimum Gasteiger partial charge on any atom is -0.383 e. The molecule has 1 saturated heterocycles. The van der Waals surface area contributed by atoms with Gasteiger partial charge in [0.2, 0.25) is 5.91 Å². The highest BCUT2D eigenvalue weighted by molar-refractivity contribution is 5.79. The maximum Gasteiger partial charge on any atom is 0.235 e. The van der Waals surface area contributed by atoms with Gasteiger partial charge in [-0.2, -0.15) is 5.26 Å². The van der Waals surface area contributed by atoms with Gasteiger partial charge in [-0.1, -0.05) is 0 Å². The lowest BCUT2D eigenvalue weighted by atomic mass is 9.98. The average Bonchev–Trinajstić information content (AvgIpc) is 3.31. The van der Waals surface area contributed by atoms with Crippen LogP contribution in [-0.2, 0) is 9.53 Å². The Bertz CT molecular complexity index is 432. The van der Waals surface area contributed by atoms with E-state index < -0.39 is 5.54 Å². The standard InChI is InChI=1S/C16H28N4O2/c1-13-10-19(6-7-20(13)8-9-22-3)11-15(21)18-16(2,12-17)14-4-5-14/h13-14H,4-11H2,1-3H3,(H,18,21)/t13-,16-/m1/s1. The highest BCUT2D eigenvalue weighted by Crippen LogP contribution is 2.39. The van der Waals surface area contributed by atoms with Gasteiger partial charge in [0.15, 0.2) is 0 Å². The van der Waals surface area contributed by atoms with Crippen molar-refractivity contribution >= 4 is 5.91 Å². The molecule has 0 aromatic rings. The van der Waals surface area contributed by atoms with Crippen LogP contribution in [0, 0.1) is 17.2 Å². The molecule has 1 heterocycles. The minimum atomic E-state index is -0.691. The third-order valence-electron chi connectivity index (χ3n) is 4.82. The second kappa shape index (κ2) is 7.40. The topological polar surface area (TPSA) is 68.6 Å². The van der Waals surface area contributed by atoms with Crippen LogP contribution in [0.5, 0.6) is 0 Å². The number of carbonyl (C=O) groups excluding carboxylic acids is 1. The molecule has 2 aliphatic rings.